The minimum atomic E-state index is -2.63. The van der Waals surface area contributed by atoms with Crippen LogP contribution in [0.3, 0.4) is 0 Å². The van der Waals surface area contributed by atoms with Gasteiger partial charge in [0.2, 0.25) is 5.92 Å². The standard InChI is InChI=1S/C25H28F2N2O3/c1-5-6-7-8-13(2)20-14(3)32-22-16(20)9-15(10-17(22)24(31)28-4)23(30)29-21-18-11-25(26,27)12-19(18)21/h5-10,14,18-21H,2,11-12H2,1,3-4H3,(H,28,31)(H,29,30)/b6-5-,8-7-/t14-,18-,19+,20+,21+/m1/s1. The number of hydrogen-bond donors (Lipinski definition) is 2. The highest BCUT2D eigenvalue weighted by molar-refractivity contribution is 6.02. The third kappa shape index (κ3) is 3.96. The lowest BCUT2D eigenvalue weighted by Gasteiger charge is -2.16. The Labute approximate surface area is 186 Å². The molecular formula is C25H28F2N2O3. The summed E-state index contributed by atoms with van der Waals surface area (Å²) >= 11 is 0. The Balaban J connectivity index is 1.63. The molecule has 3 aliphatic rings. The molecule has 2 amide bonds. The second-order valence-electron chi connectivity index (χ2n) is 8.87. The summed E-state index contributed by atoms with van der Waals surface area (Å²) in [4.78, 5) is 25.6. The fourth-order valence-electron chi connectivity index (χ4n) is 5.07. The van der Waals surface area contributed by atoms with Crippen LogP contribution in [-0.4, -0.2) is 36.9 Å². The van der Waals surface area contributed by atoms with E-state index in [1.165, 1.54) is 13.1 Å². The zero-order valence-electron chi connectivity index (χ0n) is 18.5. The molecule has 7 heteroatoms. The molecule has 5 atom stereocenters. The molecule has 2 N–H and O–H groups in total. The van der Waals surface area contributed by atoms with Crippen LogP contribution in [-0.2, 0) is 0 Å². The van der Waals surface area contributed by atoms with E-state index in [1.807, 2.05) is 38.2 Å². The van der Waals surface area contributed by atoms with Crippen molar-refractivity contribution < 1.29 is 23.1 Å². The molecule has 0 radical (unpaired) electrons. The van der Waals surface area contributed by atoms with Gasteiger partial charge in [0, 0.05) is 43.0 Å². The Hall–Kier alpha value is -2.96. The van der Waals surface area contributed by atoms with Crippen LogP contribution in [0, 0.1) is 11.8 Å². The van der Waals surface area contributed by atoms with Crippen molar-refractivity contribution in [2.75, 3.05) is 7.05 Å². The van der Waals surface area contributed by atoms with E-state index >= 15 is 0 Å². The molecule has 0 aromatic heterocycles. The lowest BCUT2D eigenvalue weighted by molar-refractivity contribution is -0.00623. The largest absolute Gasteiger partial charge is 0.489 e. The summed E-state index contributed by atoms with van der Waals surface area (Å²) in [6.45, 7) is 7.98. The highest BCUT2D eigenvalue weighted by Gasteiger charge is 2.63. The Bertz CT molecular complexity index is 1020. The van der Waals surface area contributed by atoms with E-state index in [4.69, 9.17) is 4.74 Å². The SMILES string of the molecule is C=C(/C=C\C=C/C)[C@@H]1c2cc(C(=O)N[C@H]3[C@@H]4CC(F)(F)C[C@@H]43)cc(C(=O)NC)c2O[C@@H]1C. The maximum atomic E-state index is 13.5. The van der Waals surface area contributed by atoms with Gasteiger partial charge in [-0.15, -0.1) is 0 Å². The van der Waals surface area contributed by atoms with E-state index in [0.717, 1.165) is 11.1 Å². The van der Waals surface area contributed by atoms with Crippen molar-refractivity contribution in [1.82, 2.24) is 10.6 Å². The van der Waals surface area contributed by atoms with Gasteiger partial charge in [0.15, 0.2) is 0 Å². The van der Waals surface area contributed by atoms with Crippen LogP contribution in [0.15, 0.2) is 48.6 Å². The number of carbonyl (C=O) groups is 2. The molecule has 2 saturated carbocycles. The van der Waals surface area contributed by atoms with Crippen molar-refractivity contribution in [2.24, 2.45) is 11.8 Å². The van der Waals surface area contributed by atoms with Crippen molar-refractivity contribution in [3.05, 3.63) is 65.3 Å². The minimum Gasteiger partial charge on any atom is -0.489 e. The van der Waals surface area contributed by atoms with Gasteiger partial charge in [-0.05, 0) is 43.4 Å². The van der Waals surface area contributed by atoms with Gasteiger partial charge in [-0.3, -0.25) is 9.59 Å². The number of allylic oxidation sites excluding steroid dienone is 4. The maximum Gasteiger partial charge on any atom is 0.254 e. The summed E-state index contributed by atoms with van der Waals surface area (Å²) in [5.74, 6) is -3.47. The van der Waals surface area contributed by atoms with Crippen molar-refractivity contribution in [3.8, 4) is 5.75 Å². The van der Waals surface area contributed by atoms with Gasteiger partial charge >= 0.3 is 0 Å². The summed E-state index contributed by atoms with van der Waals surface area (Å²) in [5, 5.41) is 5.49. The highest BCUT2D eigenvalue weighted by atomic mass is 19.3. The topological polar surface area (TPSA) is 67.4 Å². The summed E-state index contributed by atoms with van der Waals surface area (Å²) in [6.07, 6.45) is 6.94. The number of hydrogen-bond acceptors (Lipinski definition) is 3. The van der Waals surface area contributed by atoms with Gasteiger partial charge in [0.1, 0.15) is 11.9 Å². The first kappa shape index (κ1) is 22.2. The average Bonchev–Trinajstić information content (AvgIpc) is 3.07. The summed E-state index contributed by atoms with van der Waals surface area (Å²) < 4.78 is 33.0. The Morgan fingerprint density at radius 1 is 1.19 bits per heavy atom. The van der Waals surface area contributed by atoms with Crippen LogP contribution >= 0.6 is 0 Å². The molecule has 32 heavy (non-hydrogen) atoms. The number of alkyl halides is 2. The van der Waals surface area contributed by atoms with Crippen LogP contribution in [0.4, 0.5) is 8.78 Å². The van der Waals surface area contributed by atoms with E-state index in [0.29, 0.717) is 11.3 Å². The van der Waals surface area contributed by atoms with E-state index in [9.17, 15) is 18.4 Å². The molecule has 0 saturated heterocycles. The fourth-order valence-corrected chi connectivity index (χ4v) is 5.07. The molecule has 2 aliphatic carbocycles. The molecule has 1 aliphatic heterocycles. The van der Waals surface area contributed by atoms with Crippen LogP contribution in [0.1, 0.15) is 58.9 Å². The Morgan fingerprint density at radius 3 is 2.50 bits per heavy atom. The predicted octanol–water partition coefficient (Wildman–Crippen LogP) is 4.37. The number of amides is 2. The van der Waals surface area contributed by atoms with Crippen molar-refractivity contribution in [1.29, 1.82) is 0 Å². The first-order chi connectivity index (χ1) is 15.2. The molecule has 1 aromatic rings. The normalized spacial score (nSPS) is 29.5. The summed E-state index contributed by atoms with van der Waals surface area (Å²) in [5.41, 5.74) is 2.11. The molecule has 0 bridgehead atoms. The van der Waals surface area contributed by atoms with Gasteiger partial charge in [-0.1, -0.05) is 30.9 Å². The highest BCUT2D eigenvalue weighted by Crippen LogP contribution is 2.58. The molecule has 170 valence electrons. The van der Waals surface area contributed by atoms with Crippen molar-refractivity contribution >= 4 is 11.8 Å². The second-order valence-corrected chi connectivity index (χ2v) is 8.87. The maximum absolute atomic E-state index is 13.5. The predicted molar refractivity (Wildman–Crippen MR) is 118 cm³/mol. The zero-order valence-corrected chi connectivity index (χ0v) is 18.5. The number of nitrogens with one attached hydrogen (secondary N) is 2. The first-order valence-corrected chi connectivity index (χ1v) is 10.9. The van der Waals surface area contributed by atoms with Gasteiger partial charge in [-0.25, -0.2) is 8.78 Å². The Kier molecular flexibility index (Phi) is 5.69. The number of halogens is 2. The van der Waals surface area contributed by atoms with Crippen molar-refractivity contribution in [3.63, 3.8) is 0 Å². The van der Waals surface area contributed by atoms with Gasteiger partial charge < -0.3 is 15.4 Å². The molecule has 5 nitrogen and oxygen atoms in total. The third-order valence-electron chi connectivity index (χ3n) is 6.67. The Morgan fingerprint density at radius 2 is 1.88 bits per heavy atom. The van der Waals surface area contributed by atoms with Crippen LogP contribution in [0.2, 0.25) is 0 Å². The van der Waals surface area contributed by atoms with Crippen molar-refractivity contribution in [2.45, 2.75) is 50.7 Å². The quantitative estimate of drug-likeness (QED) is 0.643. The molecule has 4 rings (SSSR count). The number of carbonyl (C=O) groups excluding carboxylic acids is 2. The molecular weight excluding hydrogens is 414 g/mol. The van der Waals surface area contributed by atoms with Crippen LogP contribution < -0.4 is 15.4 Å². The molecule has 1 aromatic carbocycles. The fraction of sp³-hybridized carbons (Fsp3) is 0.440. The van der Waals surface area contributed by atoms with E-state index in [2.05, 4.69) is 17.2 Å². The third-order valence-corrected chi connectivity index (χ3v) is 6.67. The van der Waals surface area contributed by atoms with E-state index < -0.39 is 5.92 Å². The first-order valence-electron chi connectivity index (χ1n) is 10.9. The van der Waals surface area contributed by atoms with Crippen LogP contribution in [0.25, 0.3) is 0 Å². The van der Waals surface area contributed by atoms with Crippen LogP contribution in [0.5, 0.6) is 5.75 Å². The molecule has 0 spiro atoms. The molecule has 2 fully saturated rings. The van der Waals surface area contributed by atoms with Gasteiger partial charge in [0.05, 0.1) is 5.56 Å². The number of benzene rings is 1. The second kappa shape index (κ2) is 8.19. The van der Waals surface area contributed by atoms with E-state index in [1.54, 1.807) is 6.07 Å². The average molecular weight is 443 g/mol. The van der Waals surface area contributed by atoms with Gasteiger partial charge in [0.25, 0.3) is 11.8 Å². The molecule has 1 heterocycles. The van der Waals surface area contributed by atoms with Gasteiger partial charge in [-0.2, -0.15) is 0 Å². The smallest absolute Gasteiger partial charge is 0.254 e. The van der Waals surface area contributed by atoms with E-state index in [-0.39, 0.29) is 60.1 Å². The summed E-state index contributed by atoms with van der Waals surface area (Å²) in [6, 6.07) is 3.00. The summed E-state index contributed by atoms with van der Waals surface area (Å²) in [7, 11) is 1.52. The number of rotatable bonds is 6. The zero-order chi connectivity index (χ0) is 23.2. The monoisotopic (exact) mass is 442 g/mol. The lowest BCUT2D eigenvalue weighted by Crippen LogP contribution is -2.31. The molecule has 0 unspecified atom stereocenters. The lowest BCUT2D eigenvalue weighted by atomic mass is 9.87. The minimum absolute atomic E-state index is 0.172. The number of fused-ring (bicyclic) bond motifs is 2. The number of ether oxygens (including phenoxy) is 1.